The third kappa shape index (κ3) is 2.90. The number of hydrogen-bond donors (Lipinski definition) is 0. The molecule has 0 spiro atoms. The molecule has 0 aliphatic heterocycles. The summed E-state index contributed by atoms with van der Waals surface area (Å²) in [4.78, 5) is 10.3. The zero-order chi connectivity index (χ0) is 6.57. The molecule has 0 aliphatic rings. The number of carbonyl (C=O) groups excluding carboxylic acids is 1. The van der Waals surface area contributed by atoms with Crippen LogP contribution < -0.4 is 0 Å². The topological polar surface area (TPSA) is 26.3 Å². The van der Waals surface area contributed by atoms with Crippen LogP contribution in [0.5, 0.6) is 0 Å². The van der Waals surface area contributed by atoms with E-state index in [4.69, 9.17) is 23.2 Å². The molecule has 2 nitrogen and oxygen atoms in total. The molecule has 0 rings (SSSR count). The van der Waals surface area contributed by atoms with Crippen LogP contribution in [0.3, 0.4) is 0 Å². The van der Waals surface area contributed by atoms with Gasteiger partial charge in [-0.15, -0.1) is 0 Å². The molecular formula is C3HCl2HgO2. The van der Waals surface area contributed by atoms with Crippen molar-refractivity contribution in [3.63, 3.8) is 0 Å². The van der Waals surface area contributed by atoms with E-state index in [0.717, 1.165) is 5.54 Å². The van der Waals surface area contributed by atoms with Gasteiger partial charge in [-0.05, 0) is 0 Å². The maximum atomic E-state index is 10.3. The number of halogens is 2. The second kappa shape index (κ2) is 4.59. The predicted octanol–water partition coefficient (Wildman–Crippen LogP) is 1.31. The van der Waals surface area contributed by atoms with Crippen molar-refractivity contribution in [2.45, 2.75) is 0 Å². The van der Waals surface area contributed by atoms with Crippen molar-refractivity contribution in [1.82, 2.24) is 0 Å². The van der Waals surface area contributed by atoms with Gasteiger partial charge >= 0.3 is 73.8 Å². The van der Waals surface area contributed by atoms with Gasteiger partial charge in [-0.1, -0.05) is 0 Å². The number of hydrogen-bond acceptors (Lipinski definition) is 2. The average molecular weight is 341 g/mol. The second-order valence-corrected chi connectivity index (χ2v) is 2.64. The van der Waals surface area contributed by atoms with Gasteiger partial charge in [0.2, 0.25) is 0 Å². The van der Waals surface area contributed by atoms with Gasteiger partial charge in [-0.3, -0.25) is 0 Å². The Morgan fingerprint density at radius 3 is 2.38 bits per heavy atom. The van der Waals surface area contributed by atoms with Crippen LogP contribution >= 0.6 is 23.2 Å². The van der Waals surface area contributed by atoms with Crippen LogP contribution in [0.15, 0.2) is 10.6 Å². The molecule has 0 amide bonds. The SMILES string of the molecule is O=C([O][Hg])C(Cl)=CCl. The summed E-state index contributed by atoms with van der Waals surface area (Å²) in [5, 5.41) is -0.0679. The van der Waals surface area contributed by atoms with E-state index in [1.165, 1.54) is 0 Å². The Morgan fingerprint density at radius 2 is 2.25 bits per heavy atom. The molecule has 0 aromatic carbocycles. The zero-order valence-corrected chi connectivity index (χ0v) is 10.9. The van der Waals surface area contributed by atoms with Crippen molar-refractivity contribution in [2.75, 3.05) is 0 Å². The molecule has 0 atom stereocenters. The van der Waals surface area contributed by atoms with Gasteiger partial charge in [0.25, 0.3) is 0 Å². The zero-order valence-electron chi connectivity index (χ0n) is 3.86. The first-order chi connectivity index (χ1) is 3.72. The Bertz CT molecular complexity index is 122. The minimum absolute atomic E-state index is 0.0124. The van der Waals surface area contributed by atoms with Crippen LogP contribution in [-0.2, 0) is 34.0 Å². The van der Waals surface area contributed by atoms with Gasteiger partial charge in [0, 0.05) is 0 Å². The van der Waals surface area contributed by atoms with E-state index in [0.29, 0.717) is 0 Å². The number of rotatable bonds is 1. The Morgan fingerprint density at radius 1 is 1.75 bits per heavy atom. The van der Waals surface area contributed by atoms with Crippen LogP contribution in [0.4, 0.5) is 0 Å². The molecule has 5 heteroatoms. The predicted molar refractivity (Wildman–Crippen MR) is 25.9 cm³/mol. The second-order valence-electron chi connectivity index (χ2n) is 0.889. The fourth-order valence-corrected chi connectivity index (χ4v) is 1.22. The molecule has 0 unspecified atom stereocenters. The van der Waals surface area contributed by atoms with Gasteiger partial charge in [-0.2, -0.15) is 0 Å². The fourth-order valence-electron chi connectivity index (χ4n) is 0.113. The van der Waals surface area contributed by atoms with Gasteiger partial charge in [0.1, 0.15) is 0 Å². The van der Waals surface area contributed by atoms with Gasteiger partial charge in [-0.25, -0.2) is 0 Å². The average Bonchev–Trinajstić information content (AvgIpc) is 1.84. The van der Waals surface area contributed by atoms with Gasteiger partial charge < -0.3 is 0 Å². The summed E-state index contributed by atoms with van der Waals surface area (Å²) < 4.78 is 4.37. The molecule has 0 aromatic heterocycles. The molecule has 8 heavy (non-hydrogen) atoms. The Labute approximate surface area is 73.4 Å². The summed E-state index contributed by atoms with van der Waals surface area (Å²) in [5.74, 6) is -0.537. The van der Waals surface area contributed by atoms with Crippen molar-refractivity contribution in [2.24, 2.45) is 0 Å². The molecule has 0 fully saturated rings. The Balaban J connectivity index is 3.83. The monoisotopic (exact) mass is 341 g/mol. The molecule has 0 bridgehead atoms. The first-order valence-corrected chi connectivity index (χ1v) is 4.70. The van der Waals surface area contributed by atoms with Crippen LogP contribution in [0.1, 0.15) is 0 Å². The van der Waals surface area contributed by atoms with E-state index in [-0.39, 0.29) is 31.6 Å². The molecule has 0 heterocycles. The summed E-state index contributed by atoms with van der Waals surface area (Å²) in [7, 11) is 0. The first kappa shape index (κ1) is 8.73. The van der Waals surface area contributed by atoms with E-state index >= 15 is 0 Å². The molecule has 0 saturated heterocycles. The van der Waals surface area contributed by atoms with Crippen molar-refractivity contribution in [3.05, 3.63) is 10.6 Å². The first-order valence-electron chi connectivity index (χ1n) is 1.64. The number of carbonyl (C=O) groups is 1. The van der Waals surface area contributed by atoms with E-state index in [1.807, 2.05) is 0 Å². The maximum absolute atomic E-state index is 10.3. The van der Waals surface area contributed by atoms with Gasteiger partial charge in [0.05, 0.1) is 0 Å². The van der Waals surface area contributed by atoms with Crippen molar-refractivity contribution >= 4 is 29.2 Å². The summed E-state index contributed by atoms with van der Waals surface area (Å²) in [6.45, 7) is 0. The van der Waals surface area contributed by atoms with Crippen LogP contribution in [0.2, 0.25) is 0 Å². The molecule has 0 radical (unpaired) electrons. The van der Waals surface area contributed by atoms with Crippen LogP contribution in [-0.4, -0.2) is 5.97 Å². The molecule has 0 aliphatic carbocycles. The summed E-state index contributed by atoms with van der Waals surface area (Å²) in [6.07, 6.45) is 0. The standard InChI is InChI=1S/C3H2Cl2O2.Hg/c4-1-2(5)3(6)7;/h1H,(H,6,7);/q;+1/p-1. The molecule has 0 N–H and O–H groups in total. The molecule has 0 saturated carbocycles. The van der Waals surface area contributed by atoms with E-state index < -0.39 is 5.97 Å². The van der Waals surface area contributed by atoms with Gasteiger partial charge in [0.15, 0.2) is 0 Å². The van der Waals surface area contributed by atoms with Crippen LogP contribution in [0.25, 0.3) is 0 Å². The van der Waals surface area contributed by atoms with Crippen molar-refractivity contribution in [1.29, 1.82) is 0 Å². The van der Waals surface area contributed by atoms with Crippen molar-refractivity contribution in [3.8, 4) is 0 Å². The summed E-state index contributed by atoms with van der Waals surface area (Å²) >= 11 is 10.2. The third-order valence-corrected chi connectivity index (χ3v) is 2.03. The fraction of sp³-hybridized carbons (Fsp3) is 0. The summed E-state index contributed by atoms with van der Waals surface area (Å²) in [6, 6.07) is 0. The molecular weight excluding hydrogens is 340 g/mol. The Hall–Kier alpha value is 0.725. The minimum atomic E-state index is -0.537. The normalized spacial score (nSPS) is 11.2. The van der Waals surface area contributed by atoms with Crippen molar-refractivity contribution < 1.29 is 34.0 Å². The van der Waals surface area contributed by atoms with E-state index in [1.54, 1.807) is 0 Å². The quantitative estimate of drug-likeness (QED) is 0.531. The Kier molecular flexibility index (Phi) is 5.01. The van der Waals surface area contributed by atoms with E-state index in [9.17, 15) is 4.79 Å². The van der Waals surface area contributed by atoms with Crippen LogP contribution in [0, 0.1) is 0 Å². The third-order valence-electron chi connectivity index (χ3n) is 0.422. The van der Waals surface area contributed by atoms with E-state index in [2.05, 4.69) is 2.64 Å². The summed E-state index contributed by atoms with van der Waals surface area (Å²) in [5.41, 5.74) is 0.983. The molecule has 0 aromatic rings. The molecule has 41 valence electrons.